The maximum Gasteiger partial charge on any atom is 0.0897 e. The van der Waals surface area contributed by atoms with Crippen molar-refractivity contribution in [2.45, 2.75) is 51.9 Å². The number of likely N-dealkylation sites (tertiary alicyclic amines) is 1. The SMILES string of the molecule is Cc1nc(CN[C@@H]2CCN(Cc3ccccc3)[C@@H](C)C2)cs1. The van der Waals surface area contributed by atoms with Gasteiger partial charge in [-0.15, -0.1) is 11.3 Å². The van der Waals surface area contributed by atoms with Gasteiger partial charge in [-0.25, -0.2) is 4.98 Å². The van der Waals surface area contributed by atoms with E-state index in [0.29, 0.717) is 12.1 Å². The minimum Gasteiger partial charge on any atom is -0.308 e. The molecule has 0 amide bonds. The van der Waals surface area contributed by atoms with E-state index in [4.69, 9.17) is 0 Å². The number of benzene rings is 1. The summed E-state index contributed by atoms with van der Waals surface area (Å²) < 4.78 is 0. The second-order valence-corrected chi connectivity index (χ2v) is 7.33. The van der Waals surface area contributed by atoms with Crippen LogP contribution in [0.15, 0.2) is 35.7 Å². The van der Waals surface area contributed by atoms with E-state index in [1.165, 1.54) is 30.6 Å². The Morgan fingerprint density at radius 1 is 1.32 bits per heavy atom. The molecule has 3 rings (SSSR count). The molecule has 2 heterocycles. The Balaban J connectivity index is 1.47. The molecule has 0 spiro atoms. The summed E-state index contributed by atoms with van der Waals surface area (Å²) in [5.74, 6) is 0. The van der Waals surface area contributed by atoms with Gasteiger partial charge in [0.2, 0.25) is 0 Å². The van der Waals surface area contributed by atoms with E-state index in [2.05, 4.69) is 64.8 Å². The molecule has 3 nitrogen and oxygen atoms in total. The molecule has 0 bridgehead atoms. The normalized spacial score (nSPS) is 22.8. The van der Waals surface area contributed by atoms with Crippen molar-refractivity contribution in [3.63, 3.8) is 0 Å². The second kappa shape index (κ2) is 7.36. The van der Waals surface area contributed by atoms with Crippen LogP contribution in [0.25, 0.3) is 0 Å². The van der Waals surface area contributed by atoms with E-state index < -0.39 is 0 Å². The Bertz CT molecular complexity index is 581. The average molecular weight is 315 g/mol. The van der Waals surface area contributed by atoms with Crippen LogP contribution >= 0.6 is 11.3 Å². The molecule has 1 aliphatic rings. The summed E-state index contributed by atoms with van der Waals surface area (Å²) in [6.45, 7) is 7.56. The zero-order chi connectivity index (χ0) is 15.4. The molecule has 1 aliphatic heterocycles. The van der Waals surface area contributed by atoms with Crippen LogP contribution in [0.2, 0.25) is 0 Å². The quantitative estimate of drug-likeness (QED) is 0.914. The number of nitrogens with one attached hydrogen (secondary N) is 1. The minimum atomic E-state index is 0.615. The topological polar surface area (TPSA) is 28.2 Å². The highest BCUT2D eigenvalue weighted by Gasteiger charge is 2.25. The van der Waals surface area contributed by atoms with Gasteiger partial charge in [-0.2, -0.15) is 0 Å². The van der Waals surface area contributed by atoms with Crippen LogP contribution in [0, 0.1) is 6.92 Å². The highest BCUT2D eigenvalue weighted by molar-refractivity contribution is 7.09. The van der Waals surface area contributed by atoms with Crippen LogP contribution in [0.5, 0.6) is 0 Å². The molecule has 0 aliphatic carbocycles. The van der Waals surface area contributed by atoms with Crippen LogP contribution in [-0.2, 0) is 13.1 Å². The molecular weight excluding hydrogens is 290 g/mol. The summed E-state index contributed by atoms with van der Waals surface area (Å²) in [4.78, 5) is 7.13. The molecular formula is C18H25N3S. The largest absolute Gasteiger partial charge is 0.308 e. The maximum atomic E-state index is 4.53. The van der Waals surface area contributed by atoms with Crippen molar-refractivity contribution in [3.8, 4) is 0 Å². The van der Waals surface area contributed by atoms with Crippen molar-refractivity contribution in [3.05, 3.63) is 52.0 Å². The van der Waals surface area contributed by atoms with Crippen molar-refractivity contribution < 1.29 is 0 Å². The van der Waals surface area contributed by atoms with Crippen LogP contribution in [0.4, 0.5) is 0 Å². The van der Waals surface area contributed by atoms with Gasteiger partial charge in [-0.3, -0.25) is 4.90 Å². The number of hydrogen-bond acceptors (Lipinski definition) is 4. The Morgan fingerprint density at radius 3 is 2.82 bits per heavy atom. The van der Waals surface area contributed by atoms with Crippen LogP contribution in [0.3, 0.4) is 0 Å². The number of aryl methyl sites for hydroxylation is 1. The lowest BCUT2D eigenvalue weighted by Gasteiger charge is -2.38. The molecule has 4 heteroatoms. The van der Waals surface area contributed by atoms with Gasteiger partial charge >= 0.3 is 0 Å². The number of thiazole rings is 1. The van der Waals surface area contributed by atoms with Gasteiger partial charge in [0.1, 0.15) is 0 Å². The van der Waals surface area contributed by atoms with E-state index >= 15 is 0 Å². The Kier molecular flexibility index (Phi) is 5.24. The van der Waals surface area contributed by atoms with Crippen LogP contribution in [-0.4, -0.2) is 28.5 Å². The third kappa shape index (κ3) is 4.15. The monoisotopic (exact) mass is 315 g/mol. The summed E-state index contributed by atoms with van der Waals surface area (Å²) in [5.41, 5.74) is 2.60. The third-order valence-electron chi connectivity index (χ3n) is 4.48. The van der Waals surface area contributed by atoms with Gasteiger partial charge in [0, 0.05) is 37.1 Å². The summed E-state index contributed by atoms with van der Waals surface area (Å²) >= 11 is 1.73. The minimum absolute atomic E-state index is 0.615. The molecule has 1 aromatic heterocycles. The predicted molar refractivity (Wildman–Crippen MR) is 93.0 cm³/mol. The van der Waals surface area contributed by atoms with Gasteiger partial charge in [0.05, 0.1) is 10.7 Å². The fraction of sp³-hybridized carbons (Fsp3) is 0.500. The lowest BCUT2D eigenvalue weighted by atomic mass is 9.97. The number of rotatable bonds is 5. The molecule has 118 valence electrons. The Labute approximate surface area is 137 Å². The number of aromatic nitrogens is 1. The van der Waals surface area contributed by atoms with Crippen molar-refractivity contribution in [1.82, 2.24) is 15.2 Å². The van der Waals surface area contributed by atoms with E-state index in [9.17, 15) is 0 Å². The standard InChI is InChI=1S/C18H25N3S/c1-14-10-17(19-11-18-13-22-15(2)20-18)8-9-21(14)12-16-6-4-3-5-7-16/h3-7,13-14,17,19H,8-12H2,1-2H3/t14-,17+/m0/s1. The zero-order valence-electron chi connectivity index (χ0n) is 13.5. The summed E-state index contributed by atoms with van der Waals surface area (Å²) in [6.07, 6.45) is 2.44. The fourth-order valence-corrected chi connectivity index (χ4v) is 3.81. The highest BCUT2D eigenvalue weighted by atomic mass is 32.1. The average Bonchev–Trinajstić information content (AvgIpc) is 2.94. The van der Waals surface area contributed by atoms with Crippen molar-refractivity contribution >= 4 is 11.3 Å². The molecule has 2 aromatic rings. The number of piperidine rings is 1. The van der Waals surface area contributed by atoms with Gasteiger partial charge in [-0.05, 0) is 32.3 Å². The second-order valence-electron chi connectivity index (χ2n) is 6.27. The number of nitrogens with zero attached hydrogens (tertiary/aromatic N) is 2. The highest BCUT2D eigenvalue weighted by Crippen LogP contribution is 2.20. The lowest BCUT2D eigenvalue weighted by Crippen LogP contribution is -2.46. The van der Waals surface area contributed by atoms with Gasteiger partial charge < -0.3 is 5.32 Å². The molecule has 1 saturated heterocycles. The van der Waals surface area contributed by atoms with E-state index in [0.717, 1.165) is 18.1 Å². The molecule has 22 heavy (non-hydrogen) atoms. The first kappa shape index (κ1) is 15.7. The van der Waals surface area contributed by atoms with Crippen LogP contribution in [0.1, 0.15) is 36.0 Å². The van der Waals surface area contributed by atoms with Gasteiger partial charge in [0.25, 0.3) is 0 Å². The fourth-order valence-electron chi connectivity index (χ4n) is 3.20. The van der Waals surface area contributed by atoms with E-state index in [1.807, 2.05) is 0 Å². The first-order valence-electron chi connectivity index (χ1n) is 8.13. The molecule has 0 unspecified atom stereocenters. The molecule has 2 atom stereocenters. The molecule has 1 aromatic carbocycles. The summed E-state index contributed by atoms with van der Waals surface area (Å²) in [6, 6.07) is 12.0. The Hall–Kier alpha value is -1.23. The predicted octanol–water partition coefficient (Wildman–Crippen LogP) is 3.59. The van der Waals surface area contributed by atoms with Gasteiger partial charge in [0.15, 0.2) is 0 Å². The Morgan fingerprint density at radius 2 is 2.14 bits per heavy atom. The number of hydrogen-bond donors (Lipinski definition) is 1. The lowest BCUT2D eigenvalue weighted by molar-refractivity contribution is 0.128. The summed E-state index contributed by atoms with van der Waals surface area (Å²) in [7, 11) is 0. The first-order chi connectivity index (χ1) is 10.7. The van der Waals surface area contributed by atoms with E-state index in [-0.39, 0.29) is 0 Å². The van der Waals surface area contributed by atoms with Gasteiger partial charge in [-0.1, -0.05) is 30.3 Å². The summed E-state index contributed by atoms with van der Waals surface area (Å²) in [5, 5.41) is 7.00. The first-order valence-corrected chi connectivity index (χ1v) is 9.01. The van der Waals surface area contributed by atoms with Crippen molar-refractivity contribution in [2.24, 2.45) is 0 Å². The molecule has 0 saturated carbocycles. The van der Waals surface area contributed by atoms with Crippen LogP contribution < -0.4 is 5.32 Å². The smallest absolute Gasteiger partial charge is 0.0897 e. The van der Waals surface area contributed by atoms with Crippen molar-refractivity contribution in [2.75, 3.05) is 6.54 Å². The molecule has 1 N–H and O–H groups in total. The third-order valence-corrected chi connectivity index (χ3v) is 5.30. The maximum absolute atomic E-state index is 4.53. The molecule has 0 radical (unpaired) electrons. The zero-order valence-corrected chi connectivity index (χ0v) is 14.3. The van der Waals surface area contributed by atoms with Crippen molar-refractivity contribution in [1.29, 1.82) is 0 Å². The van der Waals surface area contributed by atoms with E-state index in [1.54, 1.807) is 11.3 Å². The molecule has 1 fully saturated rings.